The predicted octanol–water partition coefficient (Wildman–Crippen LogP) is 3.31. The summed E-state index contributed by atoms with van der Waals surface area (Å²) in [6.07, 6.45) is 0.259. The highest BCUT2D eigenvalue weighted by Gasteiger charge is 2.17. The van der Waals surface area contributed by atoms with Crippen molar-refractivity contribution < 1.29 is 26.7 Å². The third kappa shape index (κ3) is 6.06. The second-order valence-corrected chi connectivity index (χ2v) is 10.0. The van der Waals surface area contributed by atoms with Gasteiger partial charge in [0.2, 0.25) is 0 Å². The summed E-state index contributed by atoms with van der Waals surface area (Å²) in [6, 6.07) is 19.6. The molecule has 0 saturated carbocycles. The normalized spacial score (nSPS) is 11.6. The minimum atomic E-state index is -3.89. The number of para-hydroxylation sites is 1. The molecule has 3 rings (SSSR count). The lowest BCUT2D eigenvalue weighted by Crippen LogP contribution is -2.14. The first-order valence-electron chi connectivity index (χ1n) is 9.17. The summed E-state index contributed by atoms with van der Waals surface area (Å²) in [7, 11) is -7.70. The Labute approximate surface area is 180 Å². The number of anilines is 2. The van der Waals surface area contributed by atoms with Gasteiger partial charge < -0.3 is 5.11 Å². The molecule has 0 heterocycles. The summed E-state index contributed by atoms with van der Waals surface area (Å²) in [4.78, 5) is 10.6. The molecule has 3 N–H and O–H groups in total. The van der Waals surface area contributed by atoms with Gasteiger partial charge in [0.25, 0.3) is 20.0 Å². The molecule has 0 amide bonds. The van der Waals surface area contributed by atoms with Crippen molar-refractivity contribution in [3.63, 3.8) is 0 Å². The summed E-state index contributed by atoms with van der Waals surface area (Å²) in [5, 5.41) is 8.72. The van der Waals surface area contributed by atoms with Gasteiger partial charge in [-0.1, -0.05) is 30.3 Å². The number of aliphatic carboxylic acids is 1. The van der Waals surface area contributed by atoms with E-state index >= 15 is 0 Å². The zero-order valence-corrected chi connectivity index (χ0v) is 17.9. The van der Waals surface area contributed by atoms with Gasteiger partial charge in [-0.05, 0) is 60.5 Å². The van der Waals surface area contributed by atoms with Crippen LogP contribution in [-0.2, 0) is 31.3 Å². The van der Waals surface area contributed by atoms with Gasteiger partial charge in [0.05, 0.1) is 9.79 Å². The smallest absolute Gasteiger partial charge is 0.303 e. The molecule has 8 nitrogen and oxygen atoms in total. The van der Waals surface area contributed by atoms with Gasteiger partial charge in [0.1, 0.15) is 0 Å². The van der Waals surface area contributed by atoms with Crippen LogP contribution < -0.4 is 9.44 Å². The largest absolute Gasteiger partial charge is 0.481 e. The number of sulfonamides is 2. The number of carboxylic acids is 1. The van der Waals surface area contributed by atoms with Crippen molar-refractivity contribution in [3.8, 4) is 0 Å². The Morgan fingerprint density at radius 3 is 1.61 bits per heavy atom. The summed E-state index contributed by atoms with van der Waals surface area (Å²) >= 11 is 0. The Kier molecular flexibility index (Phi) is 6.62. The minimum absolute atomic E-state index is 0.00835. The SMILES string of the molecule is O=C(O)CCc1ccc(S(=O)(=O)Nc2ccc(S(=O)(=O)Nc3ccccc3)cc2)cc1. The third-order valence-corrected chi connectivity index (χ3v) is 7.10. The molecule has 0 aliphatic carbocycles. The Bertz CT molecular complexity index is 1260. The first kappa shape index (κ1) is 22.3. The lowest BCUT2D eigenvalue weighted by molar-refractivity contribution is -0.136. The van der Waals surface area contributed by atoms with E-state index < -0.39 is 26.0 Å². The van der Waals surface area contributed by atoms with Gasteiger partial charge in [0.15, 0.2) is 0 Å². The van der Waals surface area contributed by atoms with Crippen molar-refractivity contribution >= 4 is 37.4 Å². The standard InChI is InChI=1S/C21H20N2O6S2/c24-21(25)15-8-16-6-11-19(12-7-16)30(26,27)23-18-9-13-20(14-10-18)31(28,29)22-17-4-2-1-3-5-17/h1-7,9-14,22-23H,8,15H2,(H,24,25). The molecule has 0 fully saturated rings. The van der Waals surface area contributed by atoms with Crippen molar-refractivity contribution in [2.75, 3.05) is 9.44 Å². The predicted molar refractivity (Wildman–Crippen MR) is 117 cm³/mol. The number of aryl methyl sites for hydroxylation is 1. The van der Waals surface area contributed by atoms with Gasteiger partial charge in [-0.25, -0.2) is 16.8 Å². The fourth-order valence-electron chi connectivity index (χ4n) is 2.72. The van der Waals surface area contributed by atoms with E-state index in [0.29, 0.717) is 17.7 Å². The summed E-state index contributed by atoms with van der Waals surface area (Å²) in [5.74, 6) is -0.928. The molecule has 162 valence electrons. The first-order chi connectivity index (χ1) is 14.7. The van der Waals surface area contributed by atoms with Crippen LogP contribution in [0.4, 0.5) is 11.4 Å². The molecule has 3 aromatic carbocycles. The molecular formula is C21H20N2O6S2. The fourth-order valence-corrected chi connectivity index (χ4v) is 4.84. The molecule has 31 heavy (non-hydrogen) atoms. The molecule has 3 aromatic rings. The lowest BCUT2D eigenvalue weighted by Gasteiger charge is -2.11. The zero-order valence-electron chi connectivity index (χ0n) is 16.2. The van der Waals surface area contributed by atoms with Crippen LogP contribution in [-0.4, -0.2) is 27.9 Å². The minimum Gasteiger partial charge on any atom is -0.481 e. The maximum absolute atomic E-state index is 12.6. The number of hydrogen-bond acceptors (Lipinski definition) is 5. The molecular weight excluding hydrogens is 440 g/mol. The van der Waals surface area contributed by atoms with E-state index in [4.69, 9.17) is 5.11 Å². The van der Waals surface area contributed by atoms with Crippen LogP contribution in [0.25, 0.3) is 0 Å². The maximum Gasteiger partial charge on any atom is 0.303 e. The van der Waals surface area contributed by atoms with Crippen LogP contribution in [0.1, 0.15) is 12.0 Å². The Hall–Kier alpha value is -3.37. The van der Waals surface area contributed by atoms with E-state index in [1.54, 1.807) is 42.5 Å². The number of nitrogens with one attached hydrogen (secondary N) is 2. The van der Waals surface area contributed by atoms with Gasteiger partial charge in [0, 0.05) is 17.8 Å². The molecule has 10 heteroatoms. The van der Waals surface area contributed by atoms with E-state index in [-0.39, 0.29) is 21.9 Å². The molecule has 0 bridgehead atoms. The van der Waals surface area contributed by atoms with E-state index in [0.717, 1.165) is 0 Å². The van der Waals surface area contributed by atoms with Crippen molar-refractivity contribution in [1.29, 1.82) is 0 Å². The molecule has 0 atom stereocenters. The van der Waals surface area contributed by atoms with Crippen molar-refractivity contribution in [1.82, 2.24) is 0 Å². The Morgan fingerprint density at radius 1 is 0.677 bits per heavy atom. The third-order valence-electron chi connectivity index (χ3n) is 4.30. The summed E-state index contributed by atoms with van der Waals surface area (Å²) in [5.41, 5.74) is 1.33. The molecule has 0 aliphatic rings. The first-order valence-corrected chi connectivity index (χ1v) is 12.1. The van der Waals surface area contributed by atoms with Crippen molar-refractivity contribution in [2.24, 2.45) is 0 Å². The van der Waals surface area contributed by atoms with Crippen LogP contribution in [0.15, 0.2) is 88.7 Å². The van der Waals surface area contributed by atoms with Crippen LogP contribution in [0.2, 0.25) is 0 Å². The van der Waals surface area contributed by atoms with Gasteiger partial charge >= 0.3 is 5.97 Å². The highest BCUT2D eigenvalue weighted by molar-refractivity contribution is 7.93. The number of rotatable bonds is 9. The highest BCUT2D eigenvalue weighted by atomic mass is 32.2. The van der Waals surface area contributed by atoms with Crippen molar-refractivity contribution in [2.45, 2.75) is 22.6 Å². The number of carboxylic acid groups (broad SMARTS) is 1. The van der Waals surface area contributed by atoms with Gasteiger partial charge in [-0.3, -0.25) is 14.2 Å². The van der Waals surface area contributed by atoms with Crippen molar-refractivity contribution in [3.05, 3.63) is 84.4 Å². The van der Waals surface area contributed by atoms with Gasteiger partial charge in [-0.2, -0.15) is 0 Å². The van der Waals surface area contributed by atoms with E-state index in [1.165, 1.54) is 36.4 Å². The Morgan fingerprint density at radius 2 is 1.13 bits per heavy atom. The number of benzene rings is 3. The number of hydrogen-bond donors (Lipinski definition) is 3. The number of carbonyl (C=O) groups is 1. The average molecular weight is 461 g/mol. The maximum atomic E-state index is 12.6. The highest BCUT2D eigenvalue weighted by Crippen LogP contribution is 2.21. The monoisotopic (exact) mass is 460 g/mol. The van der Waals surface area contributed by atoms with Crippen LogP contribution in [0.3, 0.4) is 0 Å². The zero-order chi connectivity index (χ0) is 22.5. The van der Waals surface area contributed by atoms with E-state index in [2.05, 4.69) is 9.44 Å². The van der Waals surface area contributed by atoms with E-state index in [9.17, 15) is 21.6 Å². The molecule has 0 aliphatic heterocycles. The molecule has 0 aromatic heterocycles. The average Bonchev–Trinajstić information content (AvgIpc) is 2.73. The molecule has 0 radical (unpaired) electrons. The fraction of sp³-hybridized carbons (Fsp3) is 0.0952. The molecule has 0 saturated heterocycles. The van der Waals surface area contributed by atoms with Crippen LogP contribution in [0.5, 0.6) is 0 Å². The molecule has 0 spiro atoms. The van der Waals surface area contributed by atoms with E-state index in [1.807, 2.05) is 0 Å². The second kappa shape index (κ2) is 9.19. The topological polar surface area (TPSA) is 130 Å². The van der Waals surface area contributed by atoms with Gasteiger partial charge in [-0.15, -0.1) is 0 Å². The molecule has 0 unspecified atom stereocenters. The second-order valence-electron chi connectivity index (χ2n) is 6.64. The van der Waals surface area contributed by atoms with Crippen LogP contribution >= 0.6 is 0 Å². The quantitative estimate of drug-likeness (QED) is 0.449. The van der Waals surface area contributed by atoms with Crippen LogP contribution in [0, 0.1) is 0 Å². The summed E-state index contributed by atoms with van der Waals surface area (Å²) < 4.78 is 54.9. The Balaban J connectivity index is 1.70. The summed E-state index contributed by atoms with van der Waals surface area (Å²) in [6.45, 7) is 0. The lowest BCUT2D eigenvalue weighted by atomic mass is 10.1.